The molecule has 4 rings (SSSR count). The van der Waals surface area contributed by atoms with E-state index in [-0.39, 0.29) is 11.9 Å². The zero-order valence-corrected chi connectivity index (χ0v) is 12.0. The van der Waals surface area contributed by atoms with Crippen molar-refractivity contribution in [2.75, 3.05) is 4.90 Å². The van der Waals surface area contributed by atoms with Crippen molar-refractivity contribution >= 4 is 11.6 Å². The van der Waals surface area contributed by atoms with Gasteiger partial charge in [0.25, 0.3) is 0 Å². The van der Waals surface area contributed by atoms with E-state index in [0.29, 0.717) is 18.2 Å². The highest BCUT2D eigenvalue weighted by Gasteiger charge is 2.38. The highest BCUT2D eigenvalue weighted by molar-refractivity contribution is 5.96. The minimum Gasteiger partial charge on any atom is -0.423 e. The lowest BCUT2D eigenvalue weighted by Gasteiger charge is -2.22. The Bertz CT molecular complexity index is 690. The van der Waals surface area contributed by atoms with E-state index in [0.717, 1.165) is 36.4 Å². The summed E-state index contributed by atoms with van der Waals surface area (Å²) >= 11 is 0. The molecule has 1 unspecified atom stereocenters. The third kappa shape index (κ3) is 2.04. The molecule has 2 heterocycles. The van der Waals surface area contributed by atoms with Crippen LogP contribution in [0.1, 0.15) is 55.5 Å². The maximum atomic E-state index is 12.3. The summed E-state index contributed by atoms with van der Waals surface area (Å²) < 4.78 is 5.83. The van der Waals surface area contributed by atoms with Crippen LogP contribution in [0.25, 0.3) is 0 Å². The molecule has 21 heavy (non-hydrogen) atoms. The average molecular weight is 283 g/mol. The van der Waals surface area contributed by atoms with Crippen molar-refractivity contribution in [1.82, 2.24) is 10.2 Å². The number of carbonyl (C=O) groups excluding carboxylic acids is 1. The first kappa shape index (κ1) is 12.6. The molecule has 108 valence electrons. The van der Waals surface area contributed by atoms with Gasteiger partial charge in [0.1, 0.15) is 6.04 Å². The minimum absolute atomic E-state index is 0.0936. The number of fused-ring (bicyclic) bond motifs is 1. The Kier molecular flexibility index (Phi) is 2.80. The molecule has 1 aliphatic carbocycles. The number of carbonyl (C=O) groups is 1. The van der Waals surface area contributed by atoms with Gasteiger partial charge in [-0.25, -0.2) is 0 Å². The summed E-state index contributed by atoms with van der Waals surface area (Å²) in [5.41, 5.74) is 2.14. The second kappa shape index (κ2) is 4.69. The van der Waals surface area contributed by atoms with Crippen molar-refractivity contribution in [3.05, 3.63) is 41.6 Å². The molecule has 0 N–H and O–H groups in total. The van der Waals surface area contributed by atoms with Crippen LogP contribution in [0.15, 0.2) is 28.7 Å². The summed E-state index contributed by atoms with van der Waals surface area (Å²) in [6.45, 7) is 1.88. The lowest BCUT2D eigenvalue weighted by atomic mass is 10.1. The molecule has 1 aromatic heterocycles. The molecule has 0 spiro atoms. The molecule has 1 aromatic carbocycles. The van der Waals surface area contributed by atoms with Gasteiger partial charge in [0.15, 0.2) is 0 Å². The Morgan fingerprint density at radius 1 is 1.29 bits per heavy atom. The molecule has 1 saturated carbocycles. The van der Waals surface area contributed by atoms with Crippen LogP contribution in [-0.4, -0.2) is 16.1 Å². The van der Waals surface area contributed by atoms with E-state index in [2.05, 4.69) is 16.3 Å². The number of para-hydroxylation sites is 1. The first-order valence-corrected chi connectivity index (χ1v) is 7.51. The van der Waals surface area contributed by atoms with Gasteiger partial charge in [-0.3, -0.25) is 9.69 Å². The van der Waals surface area contributed by atoms with E-state index in [9.17, 15) is 4.79 Å². The van der Waals surface area contributed by atoms with Gasteiger partial charge >= 0.3 is 0 Å². The number of rotatable bonds is 3. The minimum atomic E-state index is -0.158. The first-order valence-electron chi connectivity index (χ1n) is 7.51. The fourth-order valence-corrected chi connectivity index (χ4v) is 2.94. The molecule has 2 aliphatic rings. The predicted octanol–water partition coefficient (Wildman–Crippen LogP) is 2.99. The quantitative estimate of drug-likeness (QED) is 0.869. The van der Waals surface area contributed by atoms with Crippen molar-refractivity contribution in [3.8, 4) is 0 Å². The molecule has 1 aliphatic heterocycles. The Hall–Kier alpha value is -2.17. The lowest BCUT2D eigenvalue weighted by molar-refractivity contribution is -0.118. The summed E-state index contributed by atoms with van der Waals surface area (Å²) in [6.07, 6.45) is 3.47. The Morgan fingerprint density at radius 3 is 2.81 bits per heavy atom. The maximum Gasteiger partial charge on any atom is 0.239 e. The topological polar surface area (TPSA) is 59.2 Å². The van der Waals surface area contributed by atoms with Crippen molar-refractivity contribution in [3.63, 3.8) is 0 Å². The van der Waals surface area contributed by atoms with Gasteiger partial charge in [-0.15, -0.1) is 10.2 Å². The van der Waals surface area contributed by atoms with E-state index in [1.807, 2.05) is 30.0 Å². The molecule has 0 radical (unpaired) electrons. The highest BCUT2D eigenvalue weighted by Crippen LogP contribution is 2.43. The van der Waals surface area contributed by atoms with E-state index in [1.165, 1.54) is 0 Å². The van der Waals surface area contributed by atoms with Crippen LogP contribution in [0.4, 0.5) is 5.69 Å². The summed E-state index contributed by atoms with van der Waals surface area (Å²) in [5, 5.41) is 8.35. The molecular weight excluding hydrogens is 266 g/mol. The molecule has 0 bridgehead atoms. The lowest BCUT2D eigenvalue weighted by Crippen LogP contribution is -2.31. The second-order valence-electron chi connectivity index (χ2n) is 5.72. The number of anilines is 1. The number of benzene rings is 1. The normalized spacial score (nSPS) is 20.6. The van der Waals surface area contributed by atoms with E-state index >= 15 is 0 Å². The van der Waals surface area contributed by atoms with Gasteiger partial charge in [0.2, 0.25) is 17.7 Å². The van der Waals surface area contributed by atoms with Crippen molar-refractivity contribution in [1.29, 1.82) is 0 Å². The molecule has 5 heteroatoms. The van der Waals surface area contributed by atoms with Crippen LogP contribution in [0.2, 0.25) is 0 Å². The zero-order chi connectivity index (χ0) is 14.4. The SMILES string of the molecule is CCC(=O)N1c2ccccc2CC1c1nnc(C2CC2)o1. The van der Waals surface area contributed by atoms with Gasteiger partial charge < -0.3 is 4.42 Å². The molecule has 5 nitrogen and oxygen atoms in total. The van der Waals surface area contributed by atoms with E-state index in [4.69, 9.17) is 4.42 Å². The Balaban J connectivity index is 1.71. The Morgan fingerprint density at radius 2 is 2.05 bits per heavy atom. The third-order valence-electron chi connectivity index (χ3n) is 4.22. The van der Waals surface area contributed by atoms with Crippen LogP contribution in [-0.2, 0) is 11.2 Å². The van der Waals surface area contributed by atoms with Crippen LogP contribution >= 0.6 is 0 Å². The van der Waals surface area contributed by atoms with Gasteiger partial charge in [0, 0.05) is 24.4 Å². The number of nitrogens with zero attached hydrogens (tertiary/aromatic N) is 3. The third-order valence-corrected chi connectivity index (χ3v) is 4.22. The van der Waals surface area contributed by atoms with Crippen LogP contribution in [0.5, 0.6) is 0 Å². The monoisotopic (exact) mass is 283 g/mol. The van der Waals surface area contributed by atoms with Crippen molar-refractivity contribution < 1.29 is 9.21 Å². The number of hydrogen-bond donors (Lipinski definition) is 0. The number of amides is 1. The fraction of sp³-hybridized carbons (Fsp3) is 0.438. The standard InChI is InChI=1S/C16H17N3O2/c1-2-14(20)19-12-6-4-3-5-11(12)9-13(19)16-18-17-15(21-16)10-7-8-10/h3-6,10,13H,2,7-9H2,1H3. The molecule has 1 atom stereocenters. The van der Waals surface area contributed by atoms with Crippen molar-refractivity contribution in [2.45, 2.75) is 44.6 Å². The Labute approximate surface area is 123 Å². The maximum absolute atomic E-state index is 12.3. The highest BCUT2D eigenvalue weighted by atomic mass is 16.4. The van der Waals surface area contributed by atoms with Crippen LogP contribution in [0, 0.1) is 0 Å². The largest absolute Gasteiger partial charge is 0.423 e. The van der Waals surface area contributed by atoms with Gasteiger partial charge in [-0.05, 0) is 24.5 Å². The number of aromatic nitrogens is 2. The summed E-state index contributed by atoms with van der Waals surface area (Å²) in [6, 6.07) is 7.85. The summed E-state index contributed by atoms with van der Waals surface area (Å²) in [4.78, 5) is 14.2. The first-order chi connectivity index (χ1) is 10.3. The molecule has 0 saturated heterocycles. The average Bonchev–Trinajstić information content (AvgIpc) is 3.12. The van der Waals surface area contributed by atoms with Crippen molar-refractivity contribution in [2.24, 2.45) is 0 Å². The fourth-order valence-electron chi connectivity index (χ4n) is 2.94. The smallest absolute Gasteiger partial charge is 0.239 e. The summed E-state index contributed by atoms with van der Waals surface area (Å²) in [7, 11) is 0. The number of hydrogen-bond acceptors (Lipinski definition) is 4. The molecule has 1 amide bonds. The van der Waals surface area contributed by atoms with E-state index < -0.39 is 0 Å². The second-order valence-corrected chi connectivity index (χ2v) is 5.72. The van der Waals surface area contributed by atoms with Gasteiger partial charge in [-0.2, -0.15) is 0 Å². The van der Waals surface area contributed by atoms with Crippen LogP contribution < -0.4 is 4.90 Å². The predicted molar refractivity (Wildman–Crippen MR) is 76.9 cm³/mol. The van der Waals surface area contributed by atoms with E-state index in [1.54, 1.807) is 0 Å². The summed E-state index contributed by atoms with van der Waals surface area (Å²) in [5.74, 6) is 1.82. The molecular formula is C16H17N3O2. The van der Waals surface area contributed by atoms with Gasteiger partial charge in [0.05, 0.1) is 0 Å². The van der Waals surface area contributed by atoms with Crippen LogP contribution in [0.3, 0.4) is 0 Å². The van der Waals surface area contributed by atoms with Gasteiger partial charge in [-0.1, -0.05) is 25.1 Å². The molecule has 1 fully saturated rings. The zero-order valence-electron chi connectivity index (χ0n) is 12.0. The molecule has 2 aromatic rings.